The Kier molecular flexibility index (Phi) is 5.39. The Bertz CT molecular complexity index is 808. The summed E-state index contributed by atoms with van der Waals surface area (Å²) < 4.78 is 4.62. The molecule has 2 rings (SSSR count). The third-order valence-corrected chi connectivity index (χ3v) is 3.34. The largest absolute Gasteiger partial charge is 0.465 e. The molecule has 0 spiro atoms. The number of para-hydroxylation sites is 1. The molecule has 0 aliphatic rings. The maximum Gasteiger partial charge on any atom is 0.339 e. The molecule has 2 amide bonds. The van der Waals surface area contributed by atoms with Crippen molar-refractivity contribution in [1.82, 2.24) is 0 Å². The molecule has 8 heteroatoms. The minimum Gasteiger partial charge on any atom is -0.465 e. The molecule has 7 nitrogen and oxygen atoms in total. The average molecular weight is 348 g/mol. The molecule has 4 N–H and O–H groups in total. The number of amides is 2. The highest BCUT2D eigenvalue weighted by Crippen LogP contribution is 2.24. The van der Waals surface area contributed by atoms with E-state index in [-0.39, 0.29) is 22.0 Å². The number of halogens is 1. The fraction of sp³-hybridized carbons (Fsp3) is 0.0625. The van der Waals surface area contributed by atoms with Crippen LogP contribution in [0.3, 0.4) is 0 Å². The van der Waals surface area contributed by atoms with Gasteiger partial charge in [0.05, 0.1) is 29.1 Å². The van der Waals surface area contributed by atoms with Crippen molar-refractivity contribution in [1.29, 1.82) is 0 Å². The van der Waals surface area contributed by atoms with Crippen molar-refractivity contribution in [3.8, 4) is 0 Å². The quantitative estimate of drug-likeness (QED) is 0.448. The van der Waals surface area contributed by atoms with Gasteiger partial charge >= 0.3 is 17.8 Å². The van der Waals surface area contributed by atoms with Crippen molar-refractivity contribution in [2.45, 2.75) is 0 Å². The van der Waals surface area contributed by atoms with Crippen LogP contribution in [0.4, 0.5) is 17.1 Å². The van der Waals surface area contributed by atoms with E-state index >= 15 is 0 Å². The lowest BCUT2D eigenvalue weighted by atomic mass is 10.2. The molecule has 0 aliphatic carbocycles. The summed E-state index contributed by atoms with van der Waals surface area (Å²) >= 11 is 5.94. The van der Waals surface area contributed by atoms with Gasteiger partial charge in [-0.05, 0) is 30.3 Å². The molecule has 24 heavy (non-hydrogen) atoms. The monoisotopic (exact) mass is 347 g/mol. The third-order valence-electron chi connectivity index (χ3n) is 3.03. The number of rotatable bonds is 3. The number of esters is 1. The predicted molar refractivity (Wildman–Crippen MR) is 90.9 cm³/mol. The van der Waals surface area contributed by atoms with Gasteiger partial charge < -0.3 is 21.1 Å². The standard InChI is InChI=1S/C16H14ClN3O4/c1-24-16(23)10-4-2-3-5-12(10)19-14(21)15(22)20-13-7-6-9(18)8-11(13)17/h2-8H,18H2,1H3,(H,19,21)(H,20,22). The van der Waals surface area contributed by atoms with Gasteiger partial charge in [0.1, 0.15) is 0 Å². The van der Waals surface area contributed by atoms with Gasteiger partial charge in [-0.1, -0.05) is 23.7 Å². The Morgan fingerprint density at radius 3 is 2.25 bits per heavy atom. The van der Waals surface area contributed by atoms with Gasteiger partial charge in [-0.15, -0.1) is 0 Å². The summed E-state index contributed by atoms with van der Waals surface area (Å²) in [6.07, 6.45) is 0. The van der Waals surface area contributed by atoms with Crippen LogP contribution in [0, 0.1) is 0 Å². The molecule has 0 saturated heterocycles. The molecule has 0 bridgehead atoms. The summed E-state index contributed by atoms with van der Waals surface area (Å²) in [6, 6.07) is 10.6. The Hall–Kier alpha value is -3.06. The van der Waals surface area contributed by atoms with Crippen molar-refractivity contribution >= 4 is 46.4 Å². The Morgan fingerprint density at radius 1 is 1.00 bits per heavy atom. The lowest BCUT2D eigenvalue weighted by Crippen LogP contribution is -2.29. The number of methoxy groups -OCH3 is 1. The van der Waals surface area contributed by atoms with Crippen LogP contribution in [0.2, 0.25) is 5.02 Å². The van der Waals surface area contributed by atoms with Crippen LogP contribution in [-0.4, -0.2) is 24.9 Å². The van der Waals surface area contributed by atoms with E-state index in [2.05, 4.69) is 15.4 Å². The number of nitrogens with one attached hydrogen (secondary N) is 2. The van der Waals surface area contributed by atoms with Crippen molar-refractivity contribution in [3.05, 3.63) is 53.1 Å². The van der Waals surface area contributed by atoms with Crippen LogP contribution in [-0.2, 0) is 14.3 Å². The van der Waals surface area contributed by atoms with E-state index in [9.17, 15) is 14.4 Å². The van der Waals surface area contributed by atoms with Gasteiger partial charge in [-0.25, -0.2) is 4.79 Å². The van der Waals surface area contributed by atoms with Gasteiger partial charge in [0.2, 0.25) is 0 Å². The van der Waals surface area contributed by atoms with Crippen LogP contribution >= 0.6 is 11.6 Å². The van der Waals surface area contributed by atoms with Crippen LogP contribution < -0.4 is 16.4 Å². The zero-order chi connectivity index (χ0) is 17.7. The van der Waals surface area contributed by atoms with E-state index in [1.165, 1.54) is 37.4 Å². The molecule has 0 aromatic heterocycles. The summed E-state index contributed by atoms with van der Waals surface area (Å²) in [4.78, 5) is 35.6. The summed E-state index contributed by atoms with van der Waals surface area (Å²) in [5, 5.41) is 4.92. The SMILES string of the molecule is COC(=O)c1ccccc1NC(=O)C(=O)Nc1ccc(N)cc1Cl. The first kappa shape index (κ1) is 17.3. The van der Waals surface area contributed by atoms with Crippen molar-refractivity contribution < 1.29 is 19.1 Å². The third kappa shape index (κ3) is 4.02. The molecule has 0 heterocycles. The van der Waals surface area contributed by atoms with Gasteiger partial charge in [-0.2, -0.15) is 0 Å². The molecule has 2 aromatic rings. The van der Waals surface area contributed by atoms with Crippen LogP contribution in [0.1, 0.15) is 10.4 Å². The lowest BCUT2D eigenvalue weighted by Gasteiger charge is -2.10. The van der Waals surface area contributed by atoms with E-state index < -0.39 is 17.8 Å². The highest BCUT2D eigenvalue weighted by molar-refractivity contribution is 6.45. The number of nitrogen functional groups attached to an aromatic ring is 1. The molecule has 0 atom stereocenters. The predicted octanol–water partition coefficient (Wildman–Crippen LogP) is 2.29. The molecule has 124 valence electrons. The molecule has 0 radical (unpaired) electrons. The maximum atomic E-state index is 12.0. The second-order valence-corrected chi connectivity index (χ2v) is 5.09. The summed E-state index contributed by atoms with van der Waals surface area (Å²) in [5.74, 6) is -2.53. The van der Waals surface area contributed by atoms with E-state index in [1.54, 1.807) is 12.1 Å². The lowest BCUT2D eigenvalue weighted by molar-refractivity contribution is -0.133. The first-order valence-corrected chi connectivity index (χ1v) is 7.15. The molecule has 2 aromatic carbocycles. The minimum atomic E-state index is -0.959. The zero-order valence-electron chi connectivity index (χ0n) is 12.6. The number of carbonyl (C=O) groups is 3. The number of benzene rings is 2. The normalized spacial score (nSPS) is 9.92. The van der Waals surface area contributed by atoms with Crippen molar-refractivity contribution in [2.75, 3.05) is 23.5 Å². The zero-order valence-corrected chi connectivity index (χ0v) is 13.4. The van der Waals surface area contributed by atoms with E-state index in [0.29, 0.717) is 5.69 Å². The van der Waals surface area contributed by atoms with Crippen LogP contribution in [0.25, 0.3) is 0 Å². The minimum absolute atomic E-state index is 0.131. The summed E-state index contributed by atoms with van der Waals surface area (Å²) in [5.41, 5.74) is 6.52. The second kappa shape index (κ2) is 7.47. The molecule has 0 aliphatic heterocycles. The topological polar surface area (TPSA) is 111 Å². The number of anilines is 3. The molecule has 0 unspecified atom stereocenters. The summed E-state index contributed by atoms with van der Waals surface area (Å²) in [7, 11) is 1.22. The highest BCUT2D eigenvalue weighted by Gasteiger charge is 2.19. The number of ether oxygens (including phenoxy) is 1. The fourth-order valence-corrected chi connectivity index (χ4v) is 2.11. The Morgan fingerprint density at radius 2 is 1.62 bits per heavy atom. The average Bonchev–Trinajstić information content (AvgIpc) is 2.57. The van der Waals surface area contributed by atoms with Crippen LogP contribution in [0.5, 0.6) is 0 Å². The van der Waals surface area contributed by atoms with Gasteiger partial charge in [0, 0.05) is 5.69 Å². The number of carbonyl (C=O) groups excluding carboxylic acids is 3. The summed E-state index contributed by atoms with van der Waals surface area (Å²) in [6.45, 7) is 0. The maximum absolute atomic E-state index is 12.0. The van der Waals surface area contributed by atoms with E-state index in [4.69, 9.17) is 17.3 Å². The van der Waals surface area contributed by atoms with E-state index in [0.717, 1.165) is 0 Å². The number of nitrogens with two attached hydrogens (primary N) is 1. The Balaban J connectivity index is 2.12. The Labute approximate surface area is 142 Å². The van der Waals surface area contributed by atoms with Crippen molar-refractivity contribution in [3.63, 3.8) is 0 Å². The second-order valence-electron chi connectivity index (χ2n) is 4.68. The highest BCUT2D eigenvalue weighted by atomic mass is 35.5. The number of hydrogen-bond donors (Lipinski definition) is 3. The number of hydrogen-bond acceptors (Lipinski definition) is 5. The molecule has 0 fully saturated rings. The van der Waals surface area contributed by atoms with Crippen LogP contribution in [0.15, 0.2) is 42.5 Å². The molecule has 0 saturated carbocycles. The first-order valence-electron chi connectivity index (χ1n) is 6.77. The fourth-order valence-electron chi connectivity index (χ4n) is 1.87. The van der Waals surface area contributed by atoms with Gasteiger partial charge in [0.25, 0.3) is 0 Å². The smallest absolute Gasteiger partial charge is 0.339 e. The van der Waals surface area contributed by atoms with E-state index in [1.807, 2.05) is 0 Å². The first-order chi connectivity index (χ1) is 11.4. The van der Waals surface area contributed by atoms with Gasteiger partial charge in [0.15, 0.2) is 0 Å². The van der Waals surface area contributed by atoms with Gasteiger partial charge in [-0.3, -0.25) is 9.59 Å². The molecular formula is C16H14ClN3O4. The molecular weight excluding hydrogens is 334 g/mol. The van der Waals surface area contributed by atoms with Crippen molar-refractivity contribution in [2.24, 2.45) is 0 Å².